The first-order valence-electron chi connectivity index (χ1n) is 9.87. The lowest BCUT2D eigenvalue weighted by Crippen LogP contribution is -2.42. The monoisotopic (exact) mass is 396 g/mol. The first kappa shape index (κ1) is 18.9. The number of carbonyl (C=O) groups excluding carboxylic acids is 2. The molecule has 0 saturated carbocycles. The molecule has 1 amide bonds. The second kappa shape index (κ2) is 7.54. The van der Waals surface area contributed by atoms with Gasteiger partial charge in [0.2, 0.25) is 11.1 Å². The van der Waals surface area contributed by atoms with Gasteiger partial charge >= 0.3 is 0 Å². The molecule has 0 atom stereocenters. The molecule has 1 aromatic heterocycles. The molecular formula is C21H24N4O2S. The topological polar surface area (TPSA) is 68.1 Å². The average molecular weight is 397 g/mol. The molecule has 7 heteroatoms. The quantitative estimate of drug-likeness (QED) is 0.786. The first-order chi connectivity index (χ1) is 13.5. The number of hydrogen-bond donors (Lipinski definition) is 0. The van der Waals surface area contributed by atoms with Crippen molar-refractivity contribution in [3.63, 3.8) is 0 Å². The van der Waals surface area contributed by atoms with E-state index in [9.17, 15) is 9.59 Å². The van der Waals surface area contributed by atoms with Crippen LogP contribution < -0.4 is 5.01 Å². The lowest BCUT2D eigenvalue weighted by Gasteiger charge is -2.33. The van der Waals surface area contributed by atoms with Gasteiger partial charge in [0.15, 0.2) is 11.6 Å². The highest BCUT2D eigenvalue weighted by molar-refractivity contribution is 8.04. The summed E-state index contributed by atoms with van der Waals surface area (Å²) in [5.74, 6) is 0.555. The van der Waals surface area contributed by atoms with Crippen LogP contribution in [0.5, 0.6) is 0 Å². The molecule has 28 heavy (non-hydrogen) atoms. The Morgan fingerprint density at radius 1 is 1.07 bits per heavy atom. The predicted molar refractivity (Wildman–Crippen MR) is 109 cm³/mol. The number of Topliss-reactive ketones (excluding diaryl/α,β-unsaturated/α-hetero) is 1. The molecule has 0 radical (unpaired) electrons. The normalized spacial score (nSPS) is 16.0. The lowest BCUT2D eigenvalue weighted by molar-refractivity contribution is -0.119. The third kappa shape index (κ3) is 3.07. The average Bonchev–Trinajstić information content (AvgIpc) is 3.11. The van der Waals surface area contributed by atoms with Crippen LogP contribution in [-0.4, -0.2) is 26.6 Å². The maximum atomic E-state index is 13.0. The number of carbonyl (C=O) groups is 2. The molecule has 0 spiro atoms. The van der Waals surface area contributed by atoms with E-state index in [0.29, 0.717) is 34.4 Å². The SMILES string of the molecule is CCC(=O)C1=C(c2ccc3c(c2)CCCC3)N(C(=O)CC)n2c(C)nnc2S1. The highest BCUT2D eigenvalue weighted by atomic mass is 32.2. The van der Waals surface area contributed by atoms with E-state index in [1.165, 1.54) is 35.7 Å². The zero-order valence-corrected chi connectivity index (χ0v) is 17.3. The van der Waals surface area contributed by atoms with Crippen LogP contribution in [0.4, 0.5) is 0 Å². The van der Waals surface area contributed by atoms with Crippen molar-refractivity contribution in [2.24, 2.45) is 0 Å². The van der Waals surface area contributed by atoms with Crippen molar-refractivity contribution in [3.05, 3.63) is 45.6 Å². The standard InChI is InChI=1S/C21H24N4O2S/c1-4-17(26)20-19(16-11-10-14-8-6-7-9-15(14)12-16)25(18(27)5-2)24-13(3)22-23-21(24)28-20/h10-12H,4-9H2,1-3H3. The van der Waals surface area contributed by atoms with E-state index in [1.54, 1.807) is 9.69 Å². The minimum absolute atomic E-state index is 0.0125. The molecule has 146 valence electrons. The Kier molecular flexibility index (Phi) is 5.10. The van der Waals surface area contributed by atoms with Crippen molar-refractivity contribution in [2.45, 2.75) is 64.5 Å². The highest BCUT2D eigenvalue weighted by Gasteiger charge is 2.35. The van der Waals surface area contributed by atoms with Crippen molar-refractivity contribution < 1.29 is 9.59 Å². The van der Waals surface area contributed by atoms with Gasteiger partial charge in [-0.1, -0.05) is 26.0 Å². The summed E-state index contributed by atoms with van der Waals surface area (Å²) in [6, 6.07) is 6.36. The molecular weight excluding hydrogens is 372 g/mol. The van der Waals surface area contributed by atoms with Crippen LogP contribution in [0.1, 0.15) is 62.0 Å². The lowest BCUT2D eigenvalue weighted by atomic mass is 9.89. The summed E-state index contributed by atoms with van der Waals surface area (Å²) in [6.07, 6.45) is 5.23. The minimum atomic E-state index is -0.0847. The van der Waals surface area contributed by atoms with Crippen LogP contribution >= 0.6 is 11.8 Å². The van der Waals surface area contributed by atoms with Gasteiger partial charge in [0.25, 0.3) is 0 Å². The molecule has 1 aromatic carbocycles. The number of ketones is 1. The minimum Gasteiger partial charge on any atom is -0.294 e. The largest absolute Gasteiger partial charge is 0.294 e. The number of benzene rings is 1. The summed E-state index contributed by atoms with van der Waals surface area (Å²) in [5.41, 5.74) is 4.26. The van der Waals surface area contributed by atoms with Crippen molar-refractivity contribution in [3.8, 4) is 0 Å². The molecule has 0 N–H and O–H groups in total. The maximum Gasteiger partial charge on any atom is 0.246 e. The number of hydrogen-bond acceptors (Lipinski definition) is 5. The summed E-state index contributed by atoms with van der Waals surface area (Å²) in [5, 5.41) is 10.5. The van der Waals surface area contributed by atoms with Gasteiger partial charge in [0, 0.05) is 18.4 Å². The Bertz CT molecular complexity index is 992. The Hall–Kier alpha value is -2.41. The number of nitrogens with zero attached hydrogens (tertiary/aromatic N) is 4. The maximum absolute atomic E-state index is 13.0. The van der Waals surface area contributed by atoms with Gasteiger partial charge in [-0.3, -0.25) is 9.59 Å². The molecule has 1 aliphatic heterocycles. The summed E-state index contributed by atoms with van der Waals surface area (Å²) >= 11 is 1.31. The third-order valence-corrected chi connectivity index (χ3v) is 6.39. The van der Waals surface area contributed by atoms with E-state index in [1.807, 2.05) is 26.8 Å². The predicted octanol–water partition coefficient (Wildman–Crippen LogP) is 3.79. The van der Waals surface area contributed by atoms with E-state index in [-0.39, 0.29) is 11.7 Å². The Balaban J connectivity index is 1.95. The summed E-state index contributed by atoms with van der Waals surface area (Å²) in [7, 11) is 0. The number of rotatable bonds is 4. The molecule has 2 aliphatic rings. The van der Waals surface area contributed by atoms with Crippen molar-refractivity contribution in [1.82, 2.24) is 14.9 Å². The van der Waals surface area contributed by atoms with Crippen LogP contribution in [0.3, 0.4) is 0 Å². The van der Waals surface area contributed by atoms with Gasteiger partial charge in [0.05, 0.1) is 10.6 Å². The Labute approximate surface area is 169 Å². The van der Waals surface area contributed by atoms with E-state index < -0.39 is 0 Å². The van der Waals surface area contributed by atoms with Crippen LogP contribution in [-0.2, 0) is 22.4 Å². The number of aryl methyl sites for hydroxylation is 3. The molecule has 6 nitrogen and oxygen atoms in total. The van der Waals surface area contributed by atoms with E-state index in [2.05, 4.69) is 22.3 Å². The summed E-state index contributed by atoms with van der Waals surface area (Å²) in [6.45, 7) is 5.50. The molecule has 0 fully saturated rings. The Morgan fingerprint density at radius 2 is 1.82 bits per heavy atom. The van der Waals surface area contributed by atoms with Gasteiger partial charge in [-0.2, -0.15) is 0 Å². The fourth-order valence-electron chi connectivity index (χ4n) is 3.84. The molecule has 1 aliphatic carbocycles. The third-order valence-electron chi connectivity index (χ3n) is 5.32. The Morgan fingerprint density at radius 3 is 2.54 bits per heavy atom. The number of amides is 1. The van der Waals surface area contributed by atoms with Gasteiger partial charge in [-0.05, 0) is 61.6 Å². The van der Waals surface area contributed by atoms with E-state index in [4.69, 9.17) is 0 Å². The zero-order valence-electron chi connectivity index (χ0n) is 16.5. The molecule has 2 heterocycles. The van der Waals surface area contributed by atoms with Gasteiger partial charge < -0.3 is 0 Å². The van der Waals surface area contributed by atoms with Crippen LogP contribution in [0.2, 0.25) is 0 Å². The van der Waals surface area contributed by atoms with Crippen molar-refractivity contribution >= 4 is 29.1 Å². The molecule has 2 aromatic rings. The van der Waals surface area contributed by atoms with E-state index in [0.717, 1.165) is 18.4 Å². The smallest absolute Gasteiger partial charge is 0.246 e. The van der Waals surface area contributed by atoms with Crippen LogP contribution in [0.25, 0.3) is 5.70 Å². The van der Waals surface area contributed by atoms with Gasteiger partial charge in [-0.25, -0.2) is 9.69 Å². The number of aromatic nitrogens is 3. The van der Waals surface area contributed by atoms with Gasteiger partial charge in [-0.15, -0.1) is 10.2 Å². The number of fused-ring (bicyclic) bond motifs is 2. The fraction of sp³-hybridized carbons (Fsp3) is 0.429. The second-order valence-corrected chi connectivity index (χ2v) is 8.13. The van der Waals surface area contributed by atoms with Gasteiger partial charge in [0.1, 0.15) is 0 Å². The van der Waals surface area contributed by atoms with Crippen LogP contribution in [0.15, 0.2) is 28.3 Å². The molecule has 0 unspecified atom stereocenters. The summed E-state index contributed by atoms with van der Waals surface area (Å²) in [4.78, 5) is 26.4. The second-order valence-electron chi connectivity index (χ2n) is 7.15. The number of thioether (sulfide) groups is 1. The van der Waals surface area contributed by atoms with E-state index >= 15 is 0 Å². The molecule has 4 rings (SSSR count). The number of allylic oxidation sites excluding steroid dienone is 1. The fourth-order valence-corrected chi connectivity index (χ4v) is 4.96. The summed E-state index contributed by atoms with van der Waals surface area (Å²) < 4.78 is 1.73. The highest BCUT2D eigenvalue weighted by Crippen LogP contribution is 2.41. The molecule has 0 saturated heterocycles. The zero-order chi connectivity index (χ0) is 19.8. The molecule has 0 bridgehead atoms. The van der Waals surface area contributed by atoms with Crippen molar-refractivity contribution in [1.29, 1.82) is 0 Å². The first-order valence-corrected chi connectivity index (χ1v) is 10.7. The van der Waals surface area contributed by atoms with Crippen LogP contribution in [0, 0.1) is 6.92 Å². The van der Waals surface area contributed by atoms with Crippen molar-refractivity contribution in [2.75, 3.05) is 5.01 Å².